The number of imidazole rings is 1. The molecule has 1 saturated heterocycles. The van der Waals surface area contributed by atoms with Crippen LogP contribution in [0.5, 0.6) is 5.75 Å². The first-order valence-electron chi connectivity index (χ1n) is 14.0. The molecular weight excluding hydrogens is 618 g/mol. The molecule has 44 heavy (non-hydrogen) atoms. The van der Waals surface area contributed by atoms with Crippen LogP contribution in [-0.4, -0.2) is 43.0 Å². The second-order valence-electron chi connectivity index (χ2n) is 10.3. The lowest BCUT2D eigenvalue weighted by atomic mass is 9.96. The number of pyridine rings is 1. The third kappa shape index (κ3) is 5.58. The Morgan fingerprint density at radius 3 is 2.52 bits per heavy atom. The number of aliphatic hydroxyl groups excluding tert-OH is 1. The molecule has 1 fully saturated rings. The summed E-state index contributed by atoms with van der Waals surface area (Å²) in [7, 11) is 0. The van der Waals surface area contributed by atoms with Gasteiger partial charge in [-0.3, -0.25) is 14.5 Å². The zero-order chi connectivity index (χ0) is 31.0. The molecule has 0 saturated carbocycles. The van der Waals surface area contributed by atoms with Crippen LogP contribution in [0.3, 0.4) is 0 Å². The van der Waals surface area contributed by atoms with Gasteiger partial charge in [-0.1, -0.05) is 72.0 Å². The largest absolute Gasteiger partial charge is 0.505 e. The van der Waals surface area contributed by atoms with Crippen molar-refractivity contribution in [2.75, 3.05) is 11.5 Å². The van der Waals surface area contributed by atoms with Crippen molar-refractivity contribution >= 4 is 62.9 Å². The van der Waals surface area contributed by atoms with Crippen molar-refractivity contribution in [1.82, 2.24) is 19.6 Å². The summed E-state index contributed by atoms with van der Waals surface area (Å²) in [6.07, 6.45) is 2.70. The molecule has 0 spiro atoms. The van der Waals surface area contributed by atoms with E-state index in [9.17, 15) is 14.7 Å². The molecule has 1 unspecified atom stereocenters. The number of amides is 1. The first-order valence-corrected chi connectivity index (χ1v) is 16.1. The van der Waals surface area contributed by atoms with Gasteiger partial charge in [-0.05, 0) is 67.3 Å². The summed E-state index contributed by atoms with van der Waals surface area (Å²) in [5.41, 5.74) is 4.05. The lowest BCUT2D eigenvalue weighted by Gasteiger charge is -2.22. The Balaban J connectivity index is 1.42. The van der Waals surface area contributed by atoms with E-state index in [-0.39, 0.29) is 22.2 Å². The molecule has 1 atom stereocenters. The second-order valence-corrected chi connectivity index (χ2v) is 12.9. The van der Waals surface area contributed by atoms with E-state index in [1.54, 1.807) is 24.3 Å². The summed E-state index contributed by atoms with van der Waals surface area (Å²) >= 11 is 8.68. The zero-order valence-electron chi connectivity index (χ0n) is 24.2. The first kappa shape index (κ1) is 29.9. The van der Waals surface area contributed by atoms with Crippen LogP contribution in [0.1, 0.15) is 47.5 Å². The lowest BCUT2D eigenvalue weighted by molar-refractivity contribution is -0.132. The Morgan fingerprint density at radius 1 is 1.07 bits per heavy atom. The van der Waals surface area contributed by atoms with Gasteiger partial charge in [-0.15, -0.1) is 10.2 Å². The third-order valence-corrected chi connectivity index (χ3v) is 9.68. The van der Waals surface area contributed by atoms with Gasteiger partial charge in [0.25, 0.3) is 5.78 Å². The summed E-state index contributed by atoms with van der Waals surface area (Å²) in [5, 5.41) is 21.2. The molecule has 9 nitrogen and oxygen atoms in total. The summed E-state index contributed by atoms with van der Waals surface area (Å²) in [6.45, 7) is 6.32. The van der Waals surface area contributed by atoms with Crippen molar-refractivity contribution in [3.63, 3.8) is 0 Å². The monoisotopic (exact) mass is 645 g/mol. The number of aliphatic hydroxyl groups is 1. The molecule has 4 heterocycles. The van der Waals surface area contributed by atoms with Gasteiger partial charge < -0.3 is 14.2 Å². The molecule has 2 aromatic carbocycles. The van der Waals surface area contributed by atoms with Crippen molar-refractivity contribution in [3.8, 4) is 5.75 Å². The van der Waals surface area contributed by atoms with E-state index >= 15 is 0 Å². The van der Waals surface area contributed by atoms with Crippen molar-refractivity contribution in [2.45, 2.75) is 43.3 Å². The number of anilines is 1. The Labute approximate surface area is 267 Å². The quantitative estimate of drug-likeness (QED) is 0.0591. The summed E-state index contributed by atoms with van der Waals surface area (Å²) in [6, 6.07) is 17.5. The van der Waals surface area contributed by atoms with E-state index < -0.39 is 17.7 Å². The van der Waals surface area contributed by atoms with E-state index in [1.807, 2.05) is 67.8 Å². The van der Waals surface area contributed by atoms with Gasteiger partial charge in [0, 0.05) is 17.0 Å². The number of ether oxygens (including phenoxy) is 1. The van der Waals surface area contributed by atoms with Gasteiger partial charge in [0.1, 0.15) is 17.1 Å². The Bertz CT molecular complexity index is 1900. The minimum atomic E-state index is -0.956. The highest BCUT2D eigenvalue weighted by Gasteiger charge is 2.49. The first-order chi connectivity index (χ1) is 21.3. The average molecular weight is 646 g/mol. The summed E-state index contributed by atoms with van der Waals surface area (Å²) in [4.78, 5) is 33.4. The fourth-order valence-electron chi connectivity index (χ4n) is 5.07. The molecule has 224 valence electrons. The van der Waals surface area contributed by atoms with E-state index in [1.165, 1.54) is 28.0 Å². The number of hydrogen-bond donors (Lipinski definition) is 1. The molecule has 1 amide bonds. The highest BCUT2D eigenvalue weighted by molar-refractivity contribution is 8.00. The van der Waals surface area contributed by atoms with E-state index in [4.69, 9.17) is 16.3 Å². The Kier molecular flexibility index (Phi) is 8.44. The number of fused-ring (bicyclic) bond motifs is 1. The predicted molar refractivity (Wildman–Crippen MR) is 173 cm³/mol. The van der Waals surface area contributed by atoms with Crippen LogP contribution >= 0.6 is 34.7 Å². The summed E-state index contributed by atoms with van der Waals surface area (Å²) < 4.78 is 8.23. The van der Waals surface area contributed by atoms with E-state index in [2.05, 4.69) is 15.2 Å². The van der Waals surface area contributed by atoms with E-state index in [0.29, 0.717) is 44.4 Å². The van der Waals surface area contributed by atoms with Gasteiger partial charge in [-0.25, -0.2) is 4.98 Å². The van der Waals surface area contributed by atoms with Crippen molar-refractivity contribution in [3.05, 3.63) is 106 Å². The molecule has 5 aromatic rings. The van der Waals surface area contributed by atoms with Crippen molar-refractivity contribution in [1.29, 1.82) is 0 Å². The van der Waals surface area contributed by atoms with Crippen LogP contribution in [0.25, 0.3) is 11.4 Å². The van der Waals surface area contributed by atoms with E-state index in [0.717, 1.165) is 17.5 Å². The molecule has 0 aliphatic carbocycles. The van der Waals surface area contributed by atoms with Gasteiger partial charge >= 0.3 is 5.91 Å². The second kappa shape index (κ2) is 12.4. The molecular formula is C32H28ClN5O4S2. The molecule has 6 rings (SSSR count). The van der Waals surface area contributed by atoms with Gasteiger partial charge in [0.05, 0.1) is 23.9 Å². The number of aryl methyl sites for hydroxylation is 2. The lowest BCUT2D eigenvalue weighted by Crippen LogP contribution is -2.29. The maximum Gasteiger partial charge on any atom is 0.301 e. The molecule has 1 N–H and O–H groups in total. The fourth-order valence-corrected chi connectivity index (χ4v) is 7.02. The van der Waals surface area contributed by atoms with Crippen LogP contribution in [0.4, 0.5) is 5.13 Å². The Morgan fingerprint density at radius 2 is 1.82 bits per heavy atom. The van der Waals surface area contributed by atoms with Crippen LogP contribution in [0, 0.1) is 13.8 Å². The van der Waals surface area contributed by atoms with Crippen LogP contribution in [0.15, 0.2) is 76.8 Å². The number of rotatable bonds is 9. The molecule has 1 aliphatic rings. The number of Topliss-reactive ketones (excluding diaryl/α,β-unsaturated/α-hetero) is 1. The zero-order valence-corrected chi connectivity index (χ0v) is 26.5. The number of benzene rings is 2. The topological polar surface area (TPSA) is 110 Å². The number of ketones is 1. The fraction of sp³-hybridized carbons (Fsp3) is 0.219. The van der Waals surface area contributed by atoms with Crippen LogP contribution < -0.4 is 9.64 Å². The SMILES string of the molecule is CCCOc1ccc(C2/C(=C(\O)c3nc4c(C)cccn4c3C)C(=O)C(=O)N2c2nnc(SCc3ccc(Cl)cc3)s2)cc1. The average Bonchev–Trinajstić information content (AvgIpc) is 3.71. The molecule has 0 radical (unpaired) electrons. The number of nitrogens with zero attached hydrogens (tertiary/aromatic N) is 5. The predicted octanol–water partition coefficient (Wildman–Crippen LogP) is 7.16. The number of hydrogen-bond acceptors (Lipinski definition) is 9. The Hall–Kier alpha value is -4.19. The van der Waals surface area contributed by atoms with Crippen molar-refractivity contribution < 1.29 is 19.4 Å². The molecule has 12 heteroatoms. The molecule has 3 aromatic heterocycles. The maximum atomic E-state index is 13.7. The minimum absolute atomic E-state index is 0.0630. The van der Waals surface area contributed by atoms with Crippen LogP contribution in [-0.2, 0) is 15.3 Å². The highest BCUT2D eigenvalue weighted by atomic mass is 35.5. The smallest absolute Gasteiger partial charge is 0.301 e. The van der Waals surface area contributed by atoms with Crippen molar-refractivity contribution in [2.24, 2.45) is 0 Å². The van der Waals surface area contributed by atoms with Gasteiger partial charge in [-0.2, -0.15) is 0 Å². The number of thioether (sulfide) groups is 1. The third-order valence-electron chi connectivity index (χ3n) is 7.30. The molecule has 1 aliphatic heterocycles. The highest BCUT2D eigenvalue weighted by Crippen LogP contribution is 2.44. The van der Waals surface area contributed by atoms with Gasteiger partial charge in [0.2, 0.25) is 5.13 Å². The number of carbonyl (C=O) groups is 2. The number of halogens is 1. The maximum absolute atomic E-state index is 13.7. The number of aromatic nitrogens is 4. The summed E-state index contributed by atoms with van der Waals surface area (Å²) in [5.74, 6) is -0.677. The standard InChI is InChI=1S/C32H28ClN5O4S2/c1-4-16-42-23-13-9-21(10-14-23)26-24(27(39)25-19(3)37-15-5-6-18(2)29(37)34-25)28(40)30(41)38(26)31-35-36-32(44-31)43-17-20-7-11-22(33)12-8-20/h5-15,26,39H,4,16-17H2,1-3H3/b27-24+. The van der Waals surface area contributed by atoms with Crippen LogP contribution in [0.2, 0.25) is 5.02 Å². The minimum Gasteiger partial charge on any atom is -0.505 e. The normalized spacial score (nSPS) is 16.3. The van der Waals surface area contributed by atoms with Gasteiger partial charge in [0.15, 0.2) is 10.1 Å². The molecule has 0 bridgehead atoms. The number of carbonyl (C=O) groups excluding carboxylic acids is 2.